The van der Waals surface area contributed by atoms with Gasteiger partial charge in [0.1, 0.15) is 0 Å². The second kappa shape index (κ2) is 5.46. The van der Waals surface area contributed by atoms with Gasteiger partial charge in [0.25, 0.3) is 0 Å². The van der Waals surface area contributed by atoms with Gasteiger partial charge in [0.2, 0.25) is 5.95 Å². The first-order chi connectivity index (χ1) is 7.78. The van der Waals surface area contributed by atoms with Crippen molar-refractivity contribution >= 4 is 17.5 Å². The van der Waals surface area contributed by atoms with Gasteiger partial charge >= 0.3 is 0 Å². The molecule has 4 nitrogen and oxygen atoms in total. The first-order valence-corrected chi connectivity index (χ1v) is 6.12. The molecule has 1 N–H and O–H groups in total. The highest BCUT2D eigenvalue weighted by atomic mass is 35.5. The van der Waals surface area contributed by atoms with Crippen LogP contribution >= 0.6 is 11.6 Å². The summed E-state index contributed by atoms with van der Waals surface area (Å²) in [7, 11) is 0. The van der Waals surface area contributed by atoms with Gasteiger partial charge < -0.3 is 10.2 Å². The molecule has 1 unspecified atom stereocenters. The van der Waals surface area contributed by atoms with Crippen molar-refractivity contribution in [1.82, 2.24) is 14.9 Å². The number of likely N-dealkylation sites (N-methyl/N-ethyl adjacent to an activating group) is 1. The lowest BCUT2D eigenvalue weighted by atomic mass is 10.1. The SMILES string of the molecule is CCN1CCCC(Nc2ncc(Cl)cn2)C1. The van der Waals surface area contributed by atoms with Gasteiger partial charge in [0, 0.05) is 12.6 Å². The van der Waals surface area contributed by atoms with Gasteiger partial charge in [-0.15, -0.1) is 0 Å². The van der Waals surface area contributed by atoms with E-state index in [1.165, 1.54) is 19.4 Å². The van der Waals surface area contributed by atoms with E-state index < -0.39 is 0 Å². The topological polar surface area (TPSA) is 41.0 Å². The van der Waals surface area contributed by atoms with Crippen molar-refractivity contribution in [1.29, 1.82) is 0 Å². The summed E-state index contributed by atoms with van der Waals surface area (Å²) in [6, 6.07) is 0.454. The van der Waals surface area contributed by atoms with Crippen LogP contribution in [0.1, 0.15) is 19.8 Å². The van der Waals surface area contributed by atoms with Crippen molar-refractivity contribution < 1.29 is 0 Å². The van der Waals surface area contributed by atoms with E-state index in [0.717, 1.165) is 13.1 Å². The molecule has 0 bridgehead atoms. The molecule has 0 radical (unpaired) electrons. The van der Waals surface area contributed by atoms with Crippen molar-refractivity contribution in [3.8, 4) is 0 Å². The minimum absolute atomic E-state index is 0.454. The number of aromatic nitrogens is 2. The zero-order chi connectivity index (χ0) is 11.4. The van der Waals surface area contributed by atoms with Gasteiger partial charge in [0.15, 0.2) is 0 Å². The van der Waals surface area contributed by atoms with Crippen LogP contribution in [0.4, 0.5) is 5.95 Å². The Bertz CT molecular complexity index is 327. The predicted octanol–water partition coefficient (Wildman–Crippen LogP) is 2.03. The van der Waals surface area contributed by atoms with Crippen LogP contribution < -0.4 is 5.32 Å². The fraction of sp³-hybridized carbons (Fsp3) is 0.636. The summed E-state index contributed by atoms with van der Waals surface area (Å²) in [4.78, 5) is 10.7. The van der Waals surface area contributed by atoms with Crippen LogP contribution in [0.2, 0.25) is 5.02 Å². The number of hydrogen-bond acceptors (Lipinski definition) is 4. The summed E-state index contributed by atoms with van der Waals surface area (Å²) in [5.74, 6) is 0.673. The first-order valence-electron chi connectivity index (χ1n) is 5.74. The zero-order valence-electron chi connectivity index (χ0n) is 9.49. The van der Waals surface area contributed by atoms with Crippen LogP contribution in [-0.2, 0) is 0 Å². The molecule has 2 heterocycles. The molecule has 2 rings (SSSR count). The Morgan fingerprint density at radius 1 is 1.50 bits per heavy atom. The maximum absolute atomic E-state index is 5.74. The van der Waals surface area contributed by atoms with E-state index in [1.54, 1.807) is 12.4 Å². The van der Waals surface area contributed by atoms with Crippen LogP contribution in [0.25, 0.3) is 0 Å². The van der Waals surface area contributed by atoms with Gasteiger partial charge in [-0.25, -0.2) is 9.97 Å². The quantitative estimate of drug-likeness (QED) is 0.878. The second-order valence-corrected chi connectivity index (χ2v) is 4.54. The Morgan fingerprint density at radius 2 is 2.25 bits per heavy atom. The summed E-state index contributed by atoms with van der Waals surface area (Å²) in [5, 5.41) is 3.92. The van der Waals surface area contributed by atoms with E-state index >= 15 is 0 Å². The molecular weight excluding hydrogens is 224 g/mol. The van der Waals surface area contributed by atoms with E-state index in [2.05, 4.69) is 27.1 Å². The third-order valence-electron chi connectivity index (χ3n) is 2.91. The van der Waals surface area contributed by atoms with Crippen molar-refractivity contribution in [2.24, 2.45) is 0 Å². The van der Waals surface area contributed by atoms with E-state index in [0.29, 0.717) is 17.0 Å². The van der Waals surface area contributed by atoms with Gasteiger partial charge in [-0.05, 0) is 25.9 Å². The predicted molar refractivity (Wildman–Crippen MR) is 65.8 cm³/mol. The molecule has 0 amide bonds. The Balaban J connectivity index is 1.91. The molecule has 0 saturated carbocycles. The maximum Gasteiger partial charge on any atom is 0.222 e. The van der Waals surface area contributed by atoms with Gasteiger partial charge in [0.05, 0.1) is 17.4 Å². The minimum Gasteiger partial charge on any atom is -0.350 e. The van der Waals surface area contributed by atoms with Gasteiger partial charge in [-0.1, -0.05) is 18.5 Å². The molecule has 5 heteroatoms. The smallest absolute Gasteiger partial charge is 0.222 e. The molecule has 1 fully saturated rings. The molecular formula is C11H17ClN4. The third kappa shape index (κ3) is 3.06. The van der Waals surface area contributed by atoms with Crippen LogP contribution in [0.3, 0.4) is 0 Å². The number of rotatable bonds is 3. The summed E-state index contributed by atoms with van der Waals surface area (Å²) in [5.41, 5.74) is 0. The van der Waals surface area contributed by atoms with Crippen molar-refractivity contribution in [3.63, 3.8) is 0 Å². The number of likely N-dealkylation sites (tertiary alicyclic amines) is 1. The van der Waals surface area contributed by atoms with Gasteiger partial charge in [-0.3, -0.25) is 0 Å². The van der Waals surface area contributed by atoms with E-state index in [1.807, 2.05) is 0 Å². The summed E-state index contributed by atoms with van der Waals surface area (Å²) < 4.78 is 0. The third-order valence-corrected chi connectivity index (χ3v) is 3.10. The van der Waals surface area contributed by atoms with E-state index in [-0.39, 0.29) is 0 Å². The molecule has 1 saturated heterocycles. The second-order valence-electron chi connectivity index (χ2n) is 4.10. The zero-order valence-corrected chi connectivity index (χ0v) is 10.2. The van der Waals surface area contributed by atoms with E-state index in [9.17, 15) is 0 Å². The number of anilines is 1. The largest absolute Gasteiger partial charge is 0.350 e. The highest BCUT2D eigenvalue weighted by Gasteiger charge is 2.18. The molecule has 0 aromatic carbocycles. The average molecular weight is 241 g/mol. The van der Waals surface area contributed by atoms with Crippen LogP contribution in [0.5, 0.6) is 0 Å². The van der Waals surface area contributed by atoms with Crippen molar-refractivity contribution in [2.75, 3.05) is 25.0 Å². The molecule has 1 aromatic heterocycles. The fourth-order valence-electron chi connectivity index (χ4n) is 2.03. The highest BCUT2D eigenvalue weighted by Crippen LogP contribution is 2.14. The molecule has 0 spiro atoms. The summed E-state index contributed by atoms with van der Waals surface area (Å²) in [6.07, 6.45) is 5.66. The monoisotopic (exact) mass is 240 g/mol. The van der Waals surface area contributed by atoms with Crippen molar-refractivity contribution in [2.45, 2.75) is 25.8 Å². The molecule has 0 aliphatic carbocycles. The Kier molecular flexibility index (Phi) is 3.96. The number of halogens is 1. The lowest BCUT2D eigenvalue weighted by Gasteiger charge is -2.32. The maximum atomic E-state index is 5.74. The summed E-state index contributed by atoms with van der Waals surface area (Å²) >= 11 is 5.74. The fourth-order valence-corrected chi connectivity index (χ4v) is 2.13. The average Bonchev–Trinajstić information content (AvgIpc) is 2.32. The minimum atomic E-state index is 0.454. The molecule has 16 heavy (non-hydrogen) atoms. The lowest BCUT2D eigenvalue weighted by molar-refractivity contribution is 0.226. The number of piperidine rings is 1. The summed E-state index contributed by atoms with van der Waals surface area (Å²) in [6.45, 7) is 5.58. The highest BCUT2D eigenvalue weighted by molar-refractivity contribution is 6.30. The first kappa shape index (κ1) is 11.6. The molecule has 88 valence electrons. The molecule has 1 aliphatic heterocycles. The lowest BCUT2D eigenvalue weighted by Crippen LogP contribution is -2.42. The standard InChI is InChI=1S/C11H17ClN4/c1-2-16-5-3-4-10(8-16)15-11-13-6-9(12)7-14-11/h6-7,10H,2-5,8H2,1H3,(H,13,14,15). The molecule has 1 aliphatic rings. The normalized spacial score (nSPS) is 22.0. The number of hydrogen-bond donors (Lipinski definition) is 1. The Morgan fingerprint density at radius 3 is 2.94 bits per heavy atom. The number of nitrogens with zero attached hydrogens (tertiary/aromatic N) is 3. The van der Waals surface area contributed by atoms with Crippen LogP contribution in [0, 0.1) is 0 Å². The molecule has 1 aromatic rings. The van der Waals surface area contributed by atoms with E-state index in [4.69, 9.17) is 11.6 Å². The molecule has 1 atom stereocenters. The van der Waals surface area contributed by atoms with Gasteiger partial charge in [-0.2, -0.15) is 0 Å². The Hall–Kier alpha value is -0.870. The van der Waals surface area contributed by atoms with Crippen LogP contribution in [-0.4, -0.2) is 40.5 Å². The van der Waals surface area contributed by atoms with Crippen LogP contribution in [0.15, 0.2) is 12.4 Å². The Labute approximate surface area is 101 Å². The van der Waals surface area contributed by atoms with Crippen molar-refractivity contribution in [3.05, 3.63) is 17.4 Å². The number of nitrogens with one attached hydrogen (secondary N) is 1.